The molecule has 142 valence electrons. The molecule has 2 aromatic heterocycles. The monoisotopic (exact) mass is 386 g/mol. The van der Waals surface area contributed by atoms with E-state index in [0.717, 1.165) is 16.2 Å². The minimum absolute atomic E-state index is 0.0320. The number of thiophene rings is 1. The van der Waals surface area contributed by atoms with E-state index in [0.29, 0.717) is 18.0 Å². The Hall–Kier alpha value is -2.64. The molecule has 1 amide bonds. The van der Waals surface area contributed by atoms with Crippen molar-refractivity contribution in [3.8, 4) is 16.4 Å². The van der Waals surface area contributed by atoms with Gasteiger partial charge in [0.25, 0.3) is 0 Å². The van der Waals surface area contributed by atoms with E-state index in [1.165, 1.54) is 0 Å². The Kier molecular flexibility index (Phi) is 6.62. The van der Waals surface area contributed by atoms with E-state index in [1.807, 2.05) is 61.7 Å². The van der Waals surface area contributed by atoms with E-state index in [-0.39, 0.29) is 25.2 Å². The van der Waals surface area contributed by atoms with Crippen molar-refractivity contribution >= 4 is 17.2 Å². The molecule has 7 heteroatoms. The summed E-state index contributed by atoms with van der Waals surface area (Å²) in [5.74, 6) is 1.34. The van der Waals surface area contributed by atoms with Crippen LogP contribution in [0.5, 0.6) is 5.75 Å². The molecule has 0 aliphatic heterocycles. The lowest BCUT2D eigenvalue weighted by molar-refractivity contribution is -0.126. The molecule has 0 unspecified atom stereocenters. The Morgan fingerprint density at radius 2 is 2.07 bits per heavy atom. The second-order valence-corrected chi connectivity index (χ2v) is 7.19. The van der Waals surface area contributed by atoms with Gasteiger partial charge < -0.3 is 19.3 Å². The molecule has 0 fully saturated rings. The summed E-state index contributed by atoms with van der Waals surface area (Å²) in [6.45, 7) is 4.60. The molecule has 1 aromatic carbocycles. The molecule has 1 N–H and O–H groups in total. The van der Waals surface area contributed by atoms with Crippen molar-refractivity contribution in [2.24, 2.45) is 0 Å². The average Bonchev–Trinajstić information content (AvgIpc) is 3.32. The van der Waals surface area contributed by atoms with Crippen LogP contribution in [0, 0.1) is 0 Å². The zero-order valence-corrected chi connectivity index (χ0v) is 16.1. The Morgan fingerprint density at radius 3 is 2.78 bits per heavy atom. The van der Waals surface area contributed by atoms with Crippen LogP contribution in [0.15, 0.2) is 52.4 Å². The molecule has 0 bridgehead atoms. The zero-order chi connectivity index (χ0) is 19.1. The number of nitrogens with one attached hydrogen (secondary N) is 1. The maximum atomic E-state index is 11.9. The maximum Gasteiger partial charge on any atom is 0.246 e. The first-order valence-electron chi connectivity index (χ1n) is 8.69. The van der Waals surface area contributed by atoms with Crippen LogP contribution in [0.25, 0.3) is 10.6 Å². The van der Waals surface area contributed by atoms with Gasteiger partial charge in [-0.05, 0) is 43.0 Å². The molecule has 0 aliphatic rings. The zero-order valence-electron chi connectivity index (χ0n) is 15.3. The summed E-state index contributed by atoms with van der Waals surface area (Å²) in [6.07, 6.45) is 0.138. The summed E-state index contributed by atoms with van der Waals surface area (Å²) >= 11 is 1.58. The fourth-order valence-corrected chi connectivity index (χ4v) is 3.05. The van der Waals surface area contributed by atoms with Crippen LogP contribution < -0.4 is 10.1 Å². The van der Waals surface area contributed by atoms with Crippen LogP contribution in [-0.4, -0.2) is 23.8 Å². The molecular formula is C20H22N2O4S. The highest BCUT2D eigenvalue weighted by Crippen LogP contribution is 2.25. The second kappa shape index (κ2) is 9.34. The van der Waals surface area contributed by atoms with Gasteiger partial charge >= 0.3 is 0 Å². The topological polar surface area (TPSA) is 73.6 Å². The predicted octanol–water partition coefficient (Wildman–Crippen LogP) is 4.02. The van der Waals surface area contributed by atoms with Crippen molar-refractivity contribution in [1.82, 2.24) is 10.5 Å². The second-order valence-electron chi connectivity index (χ2n) is 6.24. The van der Waals surface area contributed by atoms with Gasteiger partial charge in [0.1, 0.15) is 18.1 Å². The third-order valence-corrected chi connectivity index (χ3v) is 4.48. The number of hydrogen-bond donors (Lipinski definition) is 1. The van der Waals surface area contributed by atoms with Gasteiger partial charge in [-0.3, -0.25) is 4.79 Å². The fourth-order valence-electron chi connectivity index (χ4n) is 2.37. The number of rotatable bonds is 9. The van der Waals surface area contributed by atoms with Crippen molar-refractivity contribution in [1.29, 1.82) is 0 Å². The molecule has 0 aliphatic carbocycles. The Balaban J connectivity index is 1.37. The first-order chi connectivity index (χ1) is 13.1. The number of aromatic nitrogens is 1. The lowest BCUT2D eigenvalue weighted by atomic mass is 10.2. The number of hydrogen-bond acceptors (Lipinski definition) is 6. The van der Waals surface area contributed by atoms with Crippen molar-refractivity contribution in [2.75, 3.05) is 6.61 Å². The van der Waals surface area contributed by atoms with Gasteiger partial charge in [0.05, 0.1) is 17.6 Å². The van der Waals surface area contributed by atoms with Gasteiger partial charge in [-0.1, -0.05) is 23.4 Å². The van der Waals surface area contributed by atoms with Crippen LogP contribution in [0.2, 0.25) is 0 Å². The van der Waals surface area contributed by atoms with Gasteiger partial charge in [0, 0.05) is 12.6 Å². The van der Waals surface area contributed by atoms with E-state index in [9.17, 15) is 4.79 Å². The van der Waals surface area contributed by atoms with Crippen molar-refractivity contribution in [2.45, 2.75) is 33.1 Å². The van der Waals surface area contributed by atoms with Crippen molar-refractivity contribution in [3.05, 3.63) is 59.1 Å². The van der Waals surface area contributed by atoms with Crippen molar-refractivity contribution in [3.63, 3.8) is 0 Å². The van der Waals surface area contributed by atoms with Gasteiger partial charge in [0.2, 0.25) is 5.91 Å². The average molecular weight is 386 g/mol. The van der Waals surface area contributed by atoms with Crippen LogP contribution in [-0.2, 0) is 22.7 Å². The Bertz CT molecular complexity index is 841. The normalized spacial score (nSPS) is 10.9. The minimum Gasteiger partial charge on any atom is -0.491 e. The molecule has 0 saturated carbocycles. The summed E-state index contributed by atoms with van der Waals surface area (Å²) < 4.78 is 16.3. The Labute approximate surface area is 162 Å². The molecule has 0 atom stereocenters. The third kappa shape index (κ3) is 5.94. The van der Waals surface area contributed by atoms with Crippen LogP contribution in [0.4, 0.5) is 0 Å². The molecular weight excluding hydrogens is 364 g/mol. The molecule has 0 radical (unpaired) electrons. The molecule has 3 rings (SSSR count). The van der Waals surface area contributed by atoms with Gasteiger partial charge in [0.15, 0.2) is 5.76 Å². The SMILES string of the molecule is CC(C)Oc1ccc(CNC(=O)COCc2cc(-c3cccs3)on2)cc1. The van der Waals surface area contributed by atoms with E-state index >= 15 is 0 Å². The predicted molar refractivity (Wildman–Crippen MR) is 104 cm³/mol. The number of amides is 1. The van der Waals surface area contributed by atoms with Crippen LogP contribution >= 0.6 is 11.3 Å². The summed E-state index contributed by atoms with van der Waals surface area (Å²) in [5, 5.41) is 8.76. The summed E-state index contributed by atoms with van der Waals surface area (Å²) in [6, 6.07) is 13.4. The summed E-state index contributed by atoms with van der Waals surface area (Å²) in [7, 11) is 0. The lowest BCUT2D eigenvalue weighted by Crippen LogP contribution is -2.27. The van der Waals surface area contributed by atoms with Gasteiger partial charge in [-0.25, -0.2) is 0 Å². The molecule has 0 saturated heterocycles. The lowest BCUT2D eigenvalue weighted by Gasteiger charge is -2.10. The molecule has 2 heterocycles. The summed E-state index contributed by atoms with van der Waals surface area (Å²) in [4.78, 5) is 12.9. The van der Waals surface area contributed by atoms with E-state index in [2.05, 4.69) is 10.5 Å². The fraction of sp³-hybridized carbons (Fsp3) is 0.300. The van der Waals surface area contributed by atoms with Gasteiger partial charge in [-0.2, -0.15) is 0 Å². The summed E-state index contributed by atoms with van der Waals surface area (Å²) in [5.41, 5.74) is 1.66. The number of benzene rings is 1. The van der Waals surface area contributed by atoms with Gasteiger partial charge in [-0.15, -0.1) is 11.3 Å². The highest BCUT2D eigenvalue weighted by Gasteiger charge is 2.09. The largest absolute Gasteiger partial charge is 0.491 e. The van der Waals surface area contributed by atoms with Crippen LogP contribution in [0.1, 0.15) is 25.1 Å². The molecule has 3 aromatic rings. The first kappa shape index (κ1) is 19.1. The van der Waals surface area contributed by atoms with E-state index in [1.54, 1.807) is 11.3 Å². The molecule has 0 spiro atoms. The number of ether oxygens (including phenoxy) is 2. The third-order valence-electron chi connectivity index (χ3n) is 3.59. The number of carbonyl (C=O) groups is 1. The smallest absolute Gasteiger partial charge is 0.246 e. The van der Waals surface area contributed by atoms with Crippen LogP contribution in [0.3, 0.4) is 0 Å². The highest BCUT2D eigenvalue weighted by molar-refractivity contribution is 7.13. The standard InChI is InChI=1S/C20H22N2O4S/c1-14(2)25-17-7-5-15(6-8-17)11-21-20(23)13-24-12-16-10-18(26-22-16)19-4-3-9-27-19/h3-10,14H,11-13H2,1-2H3,(H,21,23). The van der Waals surface area contributed by atoms with E-state index in [4.69, 9.17) is 14.0 Å². The molecule has 6 nitrogen and oxygen atoms in total. The van der Waals surface area contributed by atoms with E-state index < -0.39 is 0 Å². The quantitative estimate of drug-likeness (QED) is 0.601. The van der Waals surface area contributed by atoms with Crippen molar-refractivity contribution < 1.29 is 18.8 Å². The molecule has 27 heavy (non-hydrogen) atoms. The minimum atomic E-state index is -0.181. The maximum absolute atomic E-state index is 11.9. The number of carbonyl (C=O) groups excluding carboxylic acids is 1. The first-order valence-corrected chi connectivity index (χ1v) is 9.57. The highest BCUT2D eigenvalue weighted by atomic mass is 32.1. The number of nitrogens with zero attached hydrogens (tertiary/aromatic N) is 1. The Morgan fingerprint density at radius 1 is 1.26 bits per heavy atom.